The Hall–Kier alpha value is -0.820. The first-order valence-electron chi connectivity index (χ1n) is 6.49. The molecule has 1 aliphatic heterocycles. The topological polar surface area (TPSA) is 49.4 Å². The molecule has 1 aromatic rings. The van der Waals surface area contributed by atoms with E-state index in [0.29, 0.717) is 23.7 Å². The highest BCUT2D eigenvalue weighted by Gasteiger charge is 2.25. The molecule has 4 nitrogen and oxygen atoms in total. The summed E-state index contributed by atoms with van der Waals surface area (Å²) in [5.41, 5.74) is 0.649. The summed E-state index contributed by atoms with van der Waals surface area (Å²) in [6.07, 6.45) is 1.59. The van der Waals surface area contributed by atoms with E-state index < -0.39 is 0 Å². The molecule has 0 saturated carbocycles. The van der Waals surface area contributed by atoms with Crippen LogP contribution in [0.15, 0.2) is 18.2 Å². The fourth-order valence-electron chi connectivity index (χ4n) is 2.35. The van der Waals surface area contributed by atoms with Gasteiger partial charge in [0.25, 0.3) is 5.91 Å². The lowest BCUT2D eigenvalue weighted by Gasteiger charge is -2.32. The molecular weight excluding hydrogens is 391 g/mol. The number of hydrogen-bond acceptors (Lipinski definition) is 2. The van der Waals surface area contributed by atoms with E-state index in [1.807, 2.05) is 11.0 Å². The second-order valence-electron chi connectivity index (χ2n) is 4.89. The van der Waals surface area contributed by atoms with Crippen molar-refractivity contribution in [3.8, 4) is 0 Å². The van der Waals surface area contributed by atoms with Crippen LogP contribution in [0, 0.1) is 3.57 Å². The highest BCUT2D eigenvalue weighted by molar-refractivity contribution is 14.1. The fraction of sp³-hybridized carbons (Fsp3) is 0.429. The normalized spacial score (nSPS) is 16.1. The number of likely N-dealkylation sites (tertiary alicyclic amines) is 1. The Balaban J connectivity index is 2.01. The summed E-state index contributed by atoms with van der Waals surface area (Å²) in [4.78, 5) is 25.3. The van der Waals surface area contributed by atoms with E-state index in [0.717, 1.165) is 16.4 Å². The van der Waals surface area contributed by atoms with E-state index in [4.69, 9.17) is 11.6 Å². The molecule has 108 valence electrons. The van der Waals surface area contributed by atoms with Gasteiger partial charge in [-0.1, -0.05) is 11.6 Å². The van der Waals surface area contributed by atoms with Crippen molar-refractivity contribution < 1.29 is 9.59 Å². The maximum Gasteiger partial charge on any atom is 0.254 e. The molecule has 0 bridgehead atoms. The van der Waals surface area contributed by atoms with Crippen LogP contribution in [-0.4, -0.2) is 35.8 Å². The maximum atomic E-state index is 12.5. The number of rotatable bonds is 2. The molecule has 0 radical (unpaired) electrons. The molecular formula is C14H16ClIN2O2. The quantitative estimate of drug-likeness (QED) is 0.768. The third-order valence-electron chi connectivity index (χ3n) is 3.35. The Morgan fingerprint density at radius 2 is 2.00 bits per heavy atom. The van der Waals surface area contributed by atoms with Crippen molar-refractivity contribution in [1.29, 1.82) is 0 Å². The molecule has 20 heavy (non-hydrogen) atoms. The number of benzene rings is 1. The van der Waals surface area contributed by atoms with Gasteiger partial charge in [0.2, 0.25) is 5.91 Å². The van der Waals surface area contributed by atoms with Crippen LogP contribution < -0.4 is 5.32 Å². The minimum atomic E-state index is -0.0147. The number of hydrogen-bond donors (Lipinski definition) is 1. The molecule has 0 spiro atoms. The van der Waals surface area contributed by atoms with Crippen molar-refractivity contribution in [2.45, 2.75) is 25.8 Å². The van der Waals surface area contributed by atoms with E-state index in [2.05, 4.69) is 27.9 Å². The van der Waals surface area contributed by atoms with Gasteiger partial charge in [0, 0.05) is 34.6 Å². The Bertz CT molecular complexity index is 528. The van der Waals surface area contributed by atoms with Gasteiger partial charge < -0.3 is 10.2 Å². The van der Waals surface area contributed by atoms with Crippen LogP contribution >= 0.6 is 34.2 Å². The Morgan fingerprint density at radius 1 is 1.35 bits per heavy atom. The molecule has 6 heteroatoms. The minimum Gasteiger partial charge on any atom is -0.353 e. The number of piperidine rings is 1. The van der Waals surface area contributed by atoms with Crippen LogP contribution in [-0.2, 0) is 4.79 Å². The molecule has 1 heterocycles. The van der Waals surface area contributed by atoms with Crippen molar-refractivity contribution in [3.05, 3.63) is 32.4 Å². The molecule has 1 saturated heterocycles. The molecule has 1 aliphatic rings. The van der Waals surface area contributed by atoms with E-state index in [-0.39, 0.29) is 17.9 Å². The van der Waals surface area contributed by atoms with Gasteiger partial charge in [0.05, 0.1) is 5.56 Å². The highest BCUT2D eigenvalue weighted by atomic mass is 127. The number of halogens is 2. The zero-order chi connectivity index (χ0) is 14.7. The molecule has 2 amide bonds. The van der Waals surface area contributed by atoms with Crippen LogP contribution in [0.4, 0.5) is 0 Å². The number of carbonyl (C=O) groups excluding carboxylic acids is 2. The molecule has 0 unspecified atom stereocenters. The molecule has 0 aromatic heterocycles. The van der Waals surface area contributed by atoms with Gasteiger partial charge in [-0.05, 0) is 53.6 Å². The van der Waals surface area contributed by atoms with Crippen LogP contribution in [0.3, 0.4) is 0 Å². The lowest BCUT2D eigenvalue weighted by atomic mass is 10.0. The second-order valence-corrected chi connectivity index (χ2v) is 6.49. The number of nitrogens with one attached hydrogen (secondary N) is 1. The van der Waals surface area contributed by atoms with Crippen LogP contribution in [0.1, 0.15) is 30.1 Å². The van der Waals surface area contributed by atoms with Gasteiger partial charge in [-0.25, -0.2) is 0 Å². The first kappa shape index (κ1) is 15.6. The summed E-state index contributed by atoms with van der Waals surface area (Å²) >= 11 is 8.10. The summed E-state index contributed by atoms with van der Waals surface area (Å²) < 4.78 is 0.904. The molecule has 1 aromatic carbocycles. The van der Waals surface area contributed by atoms with Gasteiger partial charge in [0.1, 0.15) is 0 Å². The largest absolute Gasteiger partial charge is 0.353 e. The molecule has 2 rings (SSSR count). The third kappa shape index (κ3) is 3.85. The lowest BCUT2D eigenvalue weighted by Crippen LogP contribution is -2.46. The molecule has 1 N–H and O–H groups in total. The smallest absolute Gasteiger partial charge is 0.254 e. The predicted molar refractivity (Wildman–Crippen MR) is 86.9 cm³/mol. The van der Waals surface area contributed by atoms with E-state index in [1.165, 1.54) is 6.92 Å². The van der Waals surface area contributed by atoms with Crippen molar-refractivity contribution in [2.24, 2.45) is 0 Å². The van der Waals surface area contributed by atoms with Crippen LogP contribution in [0.25, 0.3) is 0 Å². The minimum absolute atomic E-state index is 0.0122. The fourth-order valence-corrected chi connectivity index (χ4v) is 3.08. The van der Waals surface area contributed by atoms with Crippen molar-refractivity contribution >= 4 is 46.0 Å². The van der Waals surface area contributed by atoms with Crippen LogP contribution in [0.5, 0.6) is 0 Å². The standard InChI is InChI=1S/C14H16ClIN2O2/c1-9(19)17-11-4-6-18(7-5-11)14(20)12-8-10(15)2-3-13(12)16/h2-3,8,11H,4-7H2,1H3,(H,17,19). The summed E-state index contributed by atoms with van der Waals surface area (Å²) in [5.74, 6) is -0.00246. The average molecular weight is 407 g/mol. The number of nitrogens with zero attached hydrogens (tertiary/aromatic N) is 1. The lowest BCUT2D eigenvalue weighted by molar-refractivity contribution is -0.119. The van der Waals surface area contributed by atoms with Crippen molar-refractivity contribution in [2.75, 3.05) is 13.1 Å². The predicted octanol–water partition coefficient (Wildman–Crippen LogP) is 2.69. The zero-order valence-corrected chi connectivity index (χ0v) is 14.1. The highest BCUT2D eigenvalue weighted by Crippen LogP contribution is 2.21. The number of amides is 2. The van der Waals surface area contributed by atoms with Crippen molar-refractivity contribution in [1.82, 2.24) is 10.2 Å². The third-order valence-corrected chi connectivity index (χ3v) is 4.52. The summed E-state index contributed by atoms with van der Waals surface area (Å²) in [5, 5.41) is 3.47. The summed E-state index contributed by atoms with van der Waals surface area (Å²) in [7, 11) is 0. The zero-order valence-electron chi connectivity index (χ0n) is 11.2. The van der Waals surface area contributed by atoms with E-state index in [9.17, 15) is 9.59 Å². The van der Waals surface area contributed by atoms with Gasteiger partial charge in [-0.15, -0.1) is 0 Å². The van der Waals surface area contributed by atoms with E-state index >= 15 is 0 Å². The van der Waals surface area contributed by atoms with Gasteiger partial charge in [-0.3, -0.25) is 9.59 Å². The van der Waals surface area contributed by atoms with Crippen LogP contribution in [0.2, 0.25) is 5.02 Å². The summed E-state index contributed by atoms with van der Waals surface area (Å²) in [6.45, 7) is 2.84. The molecule has 0 aliphatic carbocycles. The Morgan fingerprint density at radius 3 is 2.60 bits per heavy atom. The Kier molecular flexibility index (Phi) is 5.26. The van der Waals surface area contributed by atoms with Gasteiger partial charge in [-0.2, -0.15) is 0 Å². The SMILES string of the molecule is CC(=O)NC1CCN(C(=O)c2cc(Cl)ccc2I)CC1. The van der Waals surface area contributed by atoms with Gasteiger partial charge >= 0.3 is 0 Å². The second kappa shape index (κ2) is 6.76. The first-order valence-corrected chi connectivity index (χ1v) is 7.94. The van der Waals surface area contributed by atoms with Gasteiger partial charge in [0.15, 0.2) is 0 Å². The first-order chi connectivity index (χ1) is 9.47. The van der Waals surface area contributed by atoms with E-state index in [1.54, 1.807) is 12.1 Å². The monoisotopic (exact) mass is 406 g/mol. The number of carbonyl (C=O) groups is 2. The molecule has 1 fully saturated rings. The van der Waals surface area contributed by atoms with Crippen molar-refractivity contribution in [3.63, 3.8) is 0 Å². The maximum absolute atomic E-state index is 12.5. The Labute approximate surface area is 137 Å². The summed E-state index contributed by atoms with van der Waals surface area (Å²) in [6, 6.07) is 5.52. The average Bonchev–Trinajstić information content (AvgIpc) is 2.41. The molecule has 0 atom stereocenters.